The first kappa shape index (κ1) is 26.6. The number of nitrogens with zero attached hydrogens (tertiary/aromatic N) is 1. The van der Waals surface area contributed by atoms with Gasteiger partial charge in [-0.15, -0.1) is 0 Å². The van der Waals surface area contributed by atoms with Gasteiger partial charge in [-0.2, -0.15) is 0 Å². The van der Waals surface area contributed by atoms with Crippen LogP contribution in [0.5, 0.6) is 5.75 Å². The lowest BCUT2D eigenvalue weighted by Gasteiger charge is -2.35. The average Bonchev–Trinajstić information content (AvgIpc) is 2.58. The Bertz CT molecular complexity index is 715. The molecule has 7 N–H and O–H groups in total. The molecule has 28 heavy (non-hydrogen) atoms. The zero-order valence-electron chi connectivity index (χ0n) is 15.6. The number of hydrogen-bond donors (Lipinski definition) is 4. The lowest BCUT2D eigenvalue weighted by Crippen LogP contribution is -2.47. The van der Waals surface area contributed by atoms with Crippen LogP contribution in [-0.4, -0.2) is 58.2 Å². The number of para-hydroxylation sites is 2. The van der Waals surface area contributed by atoms with E-state index in [4.69, 9.17) is 43.7 Å². The number of halogens is 2. The van der Waals surface area contributed by atoms with E-state index in [0.29, 0.717) is 12.4 Å². The van der Waals surface area contributed by atoms with Crippen molar-refractivity contribution in [3.05, 3.63) is 24.3 Å². The van der Waals surface area contributed by atoms with Crippen LogP contribution in [0.25, 0.3) is 0 Å². The van der Waals surface area contributed by atoms with Crippen molar-refractivity contribution in [3.63, 3.8) is 0 Å². The van der Waals surface area contributed by atoms with E-state index in [2.05, 4.69) is 0 Å². The third-order valence-electron chi connectivity index (χ3n) is 3.64. The minimum atomic E-state index is -3.10. The Hall–Kier alpha value is -1.35. The van der Waals surface area contributed by atoms with E-state index < -0.39 is 24.2 Å². The highest BCUT2D eigenvalue weighted by Crippen LogP contribution is 2.36. The van der Waals surface area contributed by atoms with Gasteiger partial charge in [-0.25, -0.2) is 0 Å². The van der Waals surface area contributed by atoms with Gasteiger partial charge >= 0.3 is 5.97 Å². The number of carbonyl (C=O) groups is 2. The van der Waals surface area contributed by atoms with Gasteiger partial charge < -0.3 is 31.5 Å². The van der Waals surface area contributed by atoms with Crippen LogP contribution in [-0.2, 0) is 14.2 Å². The van der Waals surface area contributed by atoms with Gasteiger partial charge in [-0.1, -0.05) is 35.3 Å². The number of amides is 1. The summed E-state index contributed by atoms with van der Waals surface area (Å²) in [5, 5.41) is 8.28. The van der Waals surface area contributed by atoms with Crippen molar-refractivity contribution < 1.29 is 28.9 Å². The van der Waals surface area contributed by atoms with Crippen molar-refractivity contribution in [2.75, 3.05) is 24.3 Å². The second-order valence-electron chi connectivity index (χ2n) is 6.14. The lowest BCUT2D eigenvalue weighted by atomic mass is 10.1. The summed E-state index contributed by atoms with van der Waals surface area (Å²) in [6.45, 7) is 3.52. The molecule has 3 atom stereocenters. The molecule has 9 nitrogen and oxygen atoms in total. The Morgan fingerprint density at radius 3 is 2.46 bits per heavy atom. The molecule has 160 valence electrons. The Morgan fingerprint density at radius 2 is 1.96 bits per heavy atom. The zero-order valence-corrected chi connectivity index (χ0v) is 18.0. The standard InChI is InChI=1S/C11H11Cl2NO2.C5H12NO4P.H3N/c1-7-6-16-9-5-3-2-4-8(9)14(7)11(15)10(12)13;1-11(9,10)3-2-4(6)5(7)8;/h2-5,7,10H,6H2,1H3;4H,2-3,6H2,1H3,(H,7,8)(H,9,10);1H3. The lowest BCUT2D eigenvalue weighted by molar-refractivity contribution is -0.138. The fourth-order valence-electron chi connectivity index (χ4n) is 2.24. The molecule has 0 fully saturated rings. The average molecular weight is 458 g/mol. The number of anilines is 1. The first-order valence-corrected chi connectivity index (χ1v) is 11.2. The Balaban J connectivity index is 0.000000541. The van der Waals surface area contributed by atoms with Crippen LogP contribution < -0.4 is 21.5 Å². The van der Waals surface area contributed by atoms with Crippen LogP contribution in [0.4, 0.5) is 5.69 Å². The minimum Gasteiger partial charge on any atom is -0.489 e. The number of carboxylic acid groups (broad SMARTS) is 1. The monoisotopic (exact) mass is 457 g/mol. The summed E-state index contributed by atoms with van der Waals surface area (Å²) in [5.41, 5.74) is 5.81. The second-order valence-corrected chi connectivity index (χ2v) is 9.79. The second kappa shape index (κ2) is 11.6. The Kier molecular flexibility index (Phi) is 11.0. The third kappa shape index (κ3) is 8.34. The highest BCUT2D eigenvalue weighted by atomic mass is 35.5. The van der Waals surface area contributed by atoms with Crippen molar-refractivity contribution in [1.29, 1.82) is 0 Å². The molecule has 2 rings (SSSR count). The zero-order chi connectivity index (χ0) is 20.8. The van der Waals surface area contributed by atoms with Crippen molar-refractivity contribution in [3.8, 4) is 5.75 Å². The molecule has 1 aromatic rings. The molecule has 0 saturated carbocycles. The van der Waals surface area contributed by atoms with E-state index in [-0.39, 0.29) is 30.7 Å². The van der Waals surface area contributed by atoms with Gasteiger partial charge in [0.1, 0.15) is 18.4 Å². The fraction of sp³-hybridized carbons (Fsp3) is 0.500. The summed E-state index contributed by atoms with van der Waals surface area (Å²) in [7, 11) is -3.10. The van der Waals surface area contributed by atoms with Crippen LogP contribution in [0.2, 0.25) is 0 Å². The molecule has 0 aliphatic carbocycles. The third-order valence-corrected chi connectivity index (χ3v) is 5.10. The molecule has 12 heteroatoms. The maximum atomic E-state index is 11.9. The number of nitrogens with two attached hydrogens (primary N) is 1. The highest BCUT2D eigenvalue weighted by Gasteiger charge is 2.31. The number of fused-ring (bicyclic) bond motifs is 1. The summed E-state index contributed by atoms with van der Waals surface area (Å²) in [6, 6.07) is 6.24. The normalized spacial score (nSPS) is 18.4. The van der Waals surface area contributed by atoms with Crippen LogP contribution in [0.3, 0.4) is 0 Å². The molecule has 3 unspecified atom stereocenters. The quantitative estimate of drug-likeness (QED) is 0.386. The number of carboxylic acids is 1. The fourth-order valence-corrected chi connectivity index (χ4v) is 3.21. The largest absolute Gasteiger partial charge is 0.489 e. The van der Waals surface area contributed by atoms with Gasteiger partial charge in [0.2, 0.25) is 0 Å². The first-order valence-electron chi connectivity index (χ1n) is 8.04. The molecule has 0 radical (unpaired) electrons. The van der Waals surface area contributed by atoms with Gasteiger partial charge in [-0.05, 0) is 25.5 Å². The van der Waals surface area contributed by atoms with Crippen LogP contribution in [0.1, 0.15) is 13.3 Å². The topological polar surface area (TPSA) is 165 Å². The maximum Gasteiger partial charge on any atom is 0.320 e. The smallest absolute Gasteiger partial charge is 0.320 e. The van der Waals surface area contributed by atoms with Crippen molar-refractivity contribution in [1.82, 2.24) is 6.15 Å². The summed E-state index contributed by atoms with van der Waals surface area (Å²) in [5.74, 6) is -0.770. The van der Waals surface area contributed by atoms with Crippen molar-refractivity contribution in [2.45, 2.75) is 30.3 Å². The number of benzene rings is 1. The van der Waals surface area contributed by atoms with E-state index in [1.54, 1.807) is 4.90 Å². The van der Waals surface area contributed by atoms with Crippen LogP contribution in [0.15, 0.2) is 24.3 Å². The van der Waals surface area contributed by atoms with Crippen molar-refractivity contribution in [2.24, 2.45) is 5.73 Å². The molecular formula is C16H26Cl2N3O6P. The van der Waals surface area contributed by atoms with Crippen LogP contribution in [0, 0.1) is 0 Å². The number of rotatable bonds is 5. The number of aliphatic carboxylic acids is 1. The van der Waals surface area contributed by atoms with E-state index in [0.717, 1.165) is 5.69 Å². The summed E-state index contributed by atoms with van der Waals surface area (Å²) in [6.07, 6.45) is 0.0000772. The molecule has 1 aliphatic heterocycles. The predicted molar refractivity (Wildman–Crippen MR) is 110 cm³/mol. The van der Waals surface area contributed by atoms with E-state index >= 15 is 0 Å². The number of alkyl halides is 2. The Labute approximate surface area is 173 Å². The minimum absolute atomic E-state index is 0. The van der Waals surface area contributed by atoms with E-state index in [1.807, 2.05) is 31.2 Å². The summed E-state index contributed by atoms with van der Waals surface area (Å²) >= 11 is 11.3. The van der Waals surface area contributed by atoms with Crippen molar-refractivity contribution >= 4 is 48.1 Å². The molecule has 0 bridgehead atoms. The predicted octanol–water partition coefficient (Wildman–Crippen LogP) is 2.45. The number of ether oxygens (including phenoxy) is 1. The molecule has 1 amide bonds. The van der Waals surface area contributed by atoms with Gasteiger partial charge in [0.15, 0.2) is 12.2 Å². The number of carbonyl (C=O) groups excluding carboxylic acids is 1. The summed E-state index contributed by atoms with van der Waals surface area (Å²) < 4.78 is 16.2. The molecular weight excluding hydrogens is 432 g/mol. The number of hydrogen-bond acceptors (Lipinski definition) is 6. The first-order chi connectivity index (χ1) is 12.4. The SMILES string of the molecule is CC1COc2ccccc2N1C(=O)C(Cl)Cl.CP(=O)(O)CCC(N)C(=O)O.N. The van der Waals surface area contributed by atoms with Gasteiger partial charge in [0.05, 0.1) is 11.7 Å². The van der Waals surface area contributed by atoms with Gasteiger partial charge in [0.25, 0.3) is 5.91 Å². The molecule has 0 aromatic heterocycles. The van der Waals surface area contributed by atoms with Gasteiger partial charge in [-0.3, -0.25) is 14.2 Å². The highest BCUT2D eigenvalue weighted by molar-refractivity contribution is 7.57. The molecule has 1 aliphatic rings. The van der Waals surface area contributed by atoms with Gasteiger partial charge in [0, 0.05) is 12.8 Å². The molecule has 1 aromatic carbocycles. The van der Waals surface area contributed by atoms with E-state index in [1.165, 1.54) is 6.66 Å². The van der Waals surface area contributed by atoms with Crippen LogP contribution >= 0.6 is 30.6 Å². The summed E-state index contributed by atoms with van der Waals surface area (Å²) in [4.78, 5) is 31.3. The maximum absolute atomic E-state index is 11.9. The Morgan fingerprint density at radius 1 is 1.39 bits per heavy atom. The molecule has 1 heterocycles. The van der Waals surface area contributed by atoms with E-state index in [9.17, 15) is 14.2 Å². The molecule has 0 spiro atoms. The molecule has 0 saturated heterocycles.